The third-order valence-corrected chi connectivity index (χ3v) is 4.95. The van der Waals surface area contributed by atoms with Crippen LogP contribution in [0.4, 0.5) is 0 Å². The number of amides is 1. The zero-order valence-electron chi connectivity index (χ0n) is 10.8. The molecule has 2 rings (SSSR count). The van der Waals surface area contributed by atoms with Crippen molar-refractivity contribution in [1.29, 1.82) is 0 Å². The van der Waals surface area contributed by atoms with Crippen LogP contribution in [0.2, 0.25) is 0 Å². The largest absolute Gasteiger partial charge is 0.355 e. The van der Waals surface area contributed by atoms with E-state index in [1.54, 1.807) is 0 Å². The van der Waals surface area contributed by atoms with Crippen LogP contribution in [0.1, 0.15) is 30.4 Å². The molecule has 1 N–H and O–H groups in total. The topological polar surface area (TPSA) is 29.1 Å². The molecule has 0 aliphatic heterocycles. The molecular weight excluding hydrogens is 290 g/mol. The number of benzene rings is 1. The highest BCUT2D eigenvalue weighted by Gasteiger charge is 2.24. The van der Waals surface area contributed by atoms with Crippen molar-refractivity contribution in [3.8, 4) is 0 Å². The average Bonchev–Trinajstić information content (AvgIpc) is 2.75. The fraction of sp³-hybridized carbons (Fsp3) is 0.533. The van der Waals surface area contributed by atoms with Gasteiger partial charge in [-0.05, 0) is 36.8 Å². The smallest absolute Gasteiger partial charge is 0.224 e. The van der Waals surface area contributed by atoms with E-state index in [4.69, 9.17) is 0 Å². The van der Waals surface area contributed by atoms with Gasteiger partial charge < -0.3 is 5.32 Å². The van der Waals surface area contributed by atoms with Gasteiger partial charge in [0.1, 0.15) is 0 Å². The van der Waals surface area contributed by atoms with Crippen LogP contribution in [0, 0.1) is 12.8 Å². The SMILES string of the molecule is Cc1ccccc1CC(=O)NCC1CCCC1Br. The lowest BCUT2D eigenvalue weighted by Gasteiger charge is -2.15. The molecule has 0 spiro atoms. The van der Waals surface area contributed by atoms with E-state index >= 15 is 0 Å². The fourth-order valence-corrected chi connectivity index (χ4v) is 3.29. The number of hydrogen-bond donors (Lipinski definition) is 1. The van der Waals surface area contributed by atoms with E-state index < -0.39 is 0 Å². The Morgan fingerprint density at radius 2 is 2.17 bits per heavy atom. The van der Waals surface area contributed by atoms with Gasteiger partial charge in [-0.2, -0.15) is 0 Å². The van der Waals surface area contributed by atoms with Crippen LogP contribution in [0.3, 0.4) is 0 Å². The van der Waals surface area contributed by atoms with E-state index in [1.165, 1.54) is 24.8 Å². The van der Waals surface area contributed by atoms with Crippen molar-refractivity contribution < 1.29 is 4.79 Å². The number of halogens is 1. The molecule has 1 amide bonds. The van der Waals surface area contributed by atoms with E-state index in [1.807, 2.05) is 31.2 Å². The molecule has 3 heteroatoms. The van der Waals surface area contributed by atoms with Gasteiger partial charge in [-0.1, -0.05) is 46.6 Å². The summed E-state index contributed by atoms with van der Waals surface area (Å²) in [5.74, 6) is 0.738. The quantitative estimate of drug-likeness (QED) is 0.850. The number of nitrogens with one attached hydrogen (secondary N) is 1. The van der Waals surface area contributed by atoms with Crippen LogP contribution < -0.4 is 5.32 Å². The van der Waals surface area contributed by atoms with Gasteiger partial charge in [0.05, 0.1) is 6.42 Å². The minimum Gasteiger partial charge on any atom is -0.355 e. The first-order valence-corrected chi connectivity index (χ1v) is 7.53. The lowest BCUT2D eigenvalue weighted by molar-refractivity contribution is -0.120. The minimum absolute atomic E-state index is 0.135. The molecule has 18 heavy (non-hydrogen) atoms. The summed E-state index contributed by atoms with van der Waals surface area (Å²) in [6.45, 7) is 2.86. The molecule has 0 radical (unpaired) electrons. The van der Waals surface area contributed by atoms with Crippen LogP contribution in [0.25, 0.3) is 0 Å². The third-order valence-electron chi connectivity index (χ3n) is 3.74. The standard InChI is InChI=1S/C15H20BrNO/c1-11-5-2-3-6-12(11)9-15(18)17-10-13-7-4-8-14(13)16/h2-3,5-6,13-14H,4,7-10H2,1H3,(H,17,18). The Bertz CT molecular complexity index is 419. The maximum atomic E-state index is 11.9. The summed E-state index contributed by atoms with van der Waals surface area (Å²) in [7, 11) is 0. The van der Waals surface area contributed by atoms with Gasteiger partial charge in [0.15, 0.2) is 0 Å². The third kappa shape index (κ3) is 3.58. The number of rotatable bonds is 4. The van der Waals surface area contributed by atoms with Gasteiger partial charge in [-0.15, -0.1) is 0 Å². The fourth-order valence-electron chi connectivity index (χ4n) is 2.51. The molecule has 1 aromatic carbocycles. The second-order valence-corrected chi connectivity index (χ2v) is 6.29. The molecule has 1 aliphatic rings. The summed E-state index contributed by atoms with van der Waals surface area (Å²) < 4.78 is 0. The van der Waals surface area contributed by atoms with Crippen molar-refractivity contribution in [2.75, 3.05) is 6.54 Å². The zero-order valence-corrected chi connectivity index (χ0v) is 12.4. The van der Waals surface area contributed by atoms with Crippen LogP contribution in [0.15, 0.2) is 24.3 Å². The summed E-state index contributed by atoms with van der Waals surface area (Å²) in [5, 5.41) is 3.06. The lowest BCUT2D eigenvalue weighted by Crippen LogP contribution is -2.32. The Morgan fingerprint density at radius 1 is 1.39 bits per heavy atom. The molecule has 1 fully saturated rings. The molecule has 1 aliphatic carbocycles. The second kappa shape index (κ2) is 6.37. The predicted molar refractivity (Wildman–Crippen MR) is 77.9 cm³/mol. The second-order valence-electron chi connectivity index (χ2n) is 5.11. The normalized spacial score (nSPS) is 23.0. The van der Waals surface area contributed by atoms with Crippen molar-refractivity contribution in [1.82, 2.24) is 5.32 Å². The van der Waals surface area contributed by atoms with Crippen molar-refractivity contribution in [2.45, 2.75) is 37.4 Å². The highest BCUT2D eigenvalue weighted by molar-refractivity contribution is 9.09. The Morgan fingerprint density at radius 3 is 2.83 bits per heavy atom. The molecular formula is C15H20BrNO. The molecule has 2 atom stereocenters. The van der Waals surface area contributed by atoms with E-state index in [2.05, 4.69) is 21.2 Å². The molecule has 2 nitrogen and oxygen atoms in total. The first kappa shape index (κ1) is 13.6. The van der Waals surface area contributed by atoms with Crippen LogP contribution in [-0.2, 0) is 11.2 Å². The zero-order chi connectivity index (χ0) is 13.0. The van der Waals surface area contributed by atoms with E-state index in [9.17, 15) is 4.79 Å². The predicted octanol–water partition coefficient (Wildman–Crippen LogP) is 3.22. The van der Waals surface area contributed by atoms with Crippen LogP contribution >= 0.6 is 15.9 Å². The van der Waals surface area contributed by atoms with Gasteiger partial charge in [0.2, 0.25) is 5.91 Å². The number of hydrogen-bond acceptors (Lipinski definition) is 1. The number of aryl methyl sites for hydroxylation is 1. The van der Waals surface area contributed by atoms with Crippen molar-refractivity contribution in [3.63, 3.8) is 0 Å². The van der Waals surface area contributed by atoms with Gasteiger partial charge >= 0.3 is 0 Å². The molecule has 1 aromatic rings. The summed E-state index contributed by atoms with van der Waals surface area (Å²) >= 11 is 3.68. The van der Waals surface area contributed by atoms with Gasteiger partial charge in [0.25, 0.3) is 0 Å². The monoisotopic (exact) mass is 309 g/mol. The average molecular weight is 310 g/mol. The molecule has 0 saturated heterocycles. The van der Waals surface area contributed by atoms with Gasteiger partial charge in [0, 0.05) is 11.4 Å². The Balaban J connectivity index is 1.80. The number of carbonyl (C=O) groups is 1. The molecule has 0 aromatic heterocycles. The van der Waals surface area contributed by atoms with E-state index in [0.29, 0.717) is 17.2 Å². The Kier molecular flexibility index (Phi) is 4.81. The number of alkyl halides is 1. The molecule has 1 saturated carbocycles. The van der Waals surface area contributed by atoms with Gasteiger partial charge in [-0.25, -0.2) is 0 Å². The first-order valence-electron chi connectivity index (χ1n) is 6.62. The van der Waals surface area contributed by atoms with E-state index in [0.717, 1.165) is 12.1 Å². The Labute approximate surface area is 117 Å². The van der Waals surface area contributed by atoms with Crippen molar-refractivity contribution >= 4 is 21.8 Å². The minimum atomic E-state index is 0.135. The summed E-state index contributed by atoms with van der Waals surface area (Å²) in [4.78, 5) is 12.5. The van der Waals surface area contributed by atoms with Crippen molar-refractivity contribution in [2.24, 2.45) is 5.92 Å². The van der Waals surface area contributed by atoms with Crippen molar-refractivity contribution in [3.05, 3.63) is 35.4 Å². The molecule has 0 heterocycles. The number of carbonyl (C=O) groups excluding carboxylic acids is 1. The van der Waals surface area contributed by atoms with Crippen LogP contribution in [0.5, 0.6) is 0 Å². The molecule has 98 valence electrons. The first-order chi connectivity index (χ1) is 8.66. The maximum absolute atomic E-state index is 11.9. The molecule has 0 bridgehead atoms. The summed E-state index contributed by atoms with van der Waals surface area (Å²) in [5.41, 5.74) is 2.31. The summed E-state index contributed by atoms with van der Waals surface area (Å²) in [6.07, 6.45) is 4.22. The van der Waals surface area contributed by atoms with Gasteiger partial charge in [-0.3, -0.25) is 4.79 Å². The van der Waals surface area contributed by atoms with Crippen LogP contribution in [-0.4, -0.2) is 17.3 Å². The van der Waals surface area contributed by atoms with E-state index in [-0.39, 0.29) is 5.91 Å². The maximum Gasteiger partial charge on any atom is 0.224 e. The highest BCUT2D eigenvalue weighted by Crippen LogP contribution is 2.30. The lowest BCUT2D eigenvalue weighted by atomic mass is 10.1. The summed E-state index contributed by atoms with van der Waals surface area (Å²) in [6, 6.07) is 8.07. The Hall–Kier alpha value is -0.830. The molecule has 2 unspecified atom stereocenters. The highest BCUT2D eigenvalue weighted by atomic mass is 79.9.